The maximum atomic E-state index is 9.82. The molecule has 70 valence electrons. The standard InChI is InChI=1S/C11H20O/c1-8(2)9-6-5-7-10(12)11(9,3)4/h9-10,12H,1,5-7H2,2-4H3. The van der Waals surface area contributed by atoms with Crippen LogP contribution in [-0.2, 0) is 0 Å². The average Bonchev–Trinajstić information content (AvgIpc) is 1.94. The maximum Gasteiger partial charge on any atom is 0.0596 e. The van der Waals surface area contributed by atoms with Gasteiger partial charge in [-0.25, -0.2) is 0 Å². The lowest BCUT2D eigenvalue weighted by Gasteiger charge is -2.43. The summed E-state index contributed by atoms with van der Waals surface area (Å²) in [5, 5.41) is 9.82. The summed E-state index contributed by atoms with van der Waals surface area (Å²) in [5.41, 5.74) is 1.25. The number of allylic oxidation sites excluding steroid dienone is 1. The van der Waals surface area contributed by atoms with Crippen molar-refractivity contribution in [2.75, 3.05) is 0 Å². The number of rotatable bonds is 1. The lowest BCUT2D eigenvalue weighted by atomic mass is 9.65. The Morgan fingerprint density at radius 3 is 2.42 bits per heavy atom. The third-order valence-corrected chi connectivity index (χ3v) is 3.32. The number of aliphatic hydroxyl groups excluding tert-OH is 1. The summed E-state index contributed by atoms with van der Waals surface area (Å²) in [4.78, 5) is 0. The van der Waals surface area contributed by atoms with E-state index in [2.05, 4.69) is 27.4 Å². The van der Waals surface area contributed by atoms with Gasteiger partial charge in [0.05, 0.1) is 6.10 Å². The molecule has 12 heavy (non-hydrogen) atoms. The summed E-state index contributed by atoms with van der Waals surface area (Å²) in [7, 11) is 0. The lowest BCUT2D eigenvalue weighted by molar-refractivity contribution is -0.0169. The van der Waals surface area contributed by atoms with Crippen LogP contribution in [-0.4, -0.2) is 11.2 Å². The molecule has 1 saturated carbocycles. The van der Waals surface area contributed by atoms with Gasteiger partial charge in [-0.05, 0) is 31.1 Å². The molecule has 2 unspecified atom stereocenters. The Morgan fingerprint density at radius 1 is 1.42 bits per heavy atom. The smallest absolute Gasteiger partial charge is 0.0596 e. The van der Waals surface area contributed by atoms with E-state index in [-0.39, 0.29) is 11.5 Å². The van der Waals surface area contributed by atoms with E-state index in [1.54, 1.807) is 0 Å². The molecule has 0 aromatic heterocycles. The van der Waals surface area contributed by atoms with Gasteiger partial charge in [-0.3, -0.25) is 0 Å². The predicted octanol–water partition coefficient (Wildman–Crippen LogP) is 2.75. The fourth-order valence-corrected chi connectivity index (χ4v) is 2.37. The highest BCUT2D eigenvalue weighted by Gasteiger charge is 2.39. The molecule has 0 aliphatic heterocycles. The van der Waals surface area contributed by atoms with Crippen LogP contribution in [0.1, 0.15) is 40.0 Å². The minimum absolute atomic E-state index is 0.0318. The molecule has 0 heterocycles. The van der Waals surface area contributed by atoms with Gasteiger partial charge in [-0.1, -0.05) is 32.4 Å². The molecule has 0 aromatic rings. The van der Waals surface area contributed by atoms with E-state index in [1.165, 1.54) is 12.0 Å². The van der Waals surface area contributed by atoms with Gasteiger partial charge < -0.3 is 5.11 Å². The van der Waals surface area contributed by atoms with Crippen LogP contribution in [0, 0.1) is 11.3 Å². The van der Waals surface area contributed by atoms with Crippen LogP contribution in [0.2, 0.25) is 0 Å². The highest BCUT2D eigenvalue weighted by Crippen LogP contribution is 2.43. The first-order valence-electron chi connectivity index (χ1n) is 4.79. The molecule has 0 amide bonds. The van der Waals surface area contributed by atoms with Gasteiger partial charge in [0.2, 0.25) is 0 Å². The summed E-state index contributed by atoms with van der Waals surface area (Å²) in [6.07, 6.45) is 3.14. The molecule has 0 radical (unpaired) electrons. The largest absolute Gasteiger partial charge is 0.393 e. The molecule has 0 aromatic carbocycles. The fourth-order valence-electron chi connectivity index (χ4n) is 2.37. The first-order valence-corrected chi connectivity index (χ1v) is 4.79. The first-order chi connectivity index (χ1) is 5.46. The minimum Gasteiger partial charge on any atom is -0.393 e. The van der Waals surface area contributed by atoms with E-state index in [4.69, 9.17) is 0 Å². The van der Waals surface area contributed by atoms with E-state index in [9.17, 15) is 5.11 Å². The Hall–Kier alpha value is -0.300. The van der Waals surface area contributed by atoms with Crippen LogP contribution in [0.4, 0.5) is 0 Å². The van der Waals surface area contributed by atoms with Crippen LogP contribution in [0.25, 0.3) is 0 Å². The predicted molar refractivity (Wildman–Crippen MR) is 51.9 cm³/mol. The van der Waals surface area contributed by atoms with E-state index < -0.39 is 0 Å². The summed E-state index contributed by atoms with van der Waals surface area (Å²) < 4.78 is 0. The van der Waals surface area contributed by atoms with Gasteiger partial charge in [-0.2, -0.15) is 0 Å². The molecule has 2 atom stereocenters. The molecule has 1 fully saturated rings. The van der Waals surface area contributed by atoms with E-state index in [0.717, 1.165) is 12.8 Å². The van der Waals surface area contributed by atoms with E-state index in [1.807, 2.05) is 0 Å². The second kappa shape index (κ2) is 3.21. The Morgan fingerprint density at radius 2 is 2.00 bits per heavy atom. The van der Waals surface area contributed by atoms with Gasteiger partial charge >= 0.3 is 0 Å². The molecule has 1 nitrogen and oxygen atoms in total. The number of aliphatic hydroxyl groups is 1. The van der Waals surface area contributed by atoms with Crippen molar-refractivity contribution in [3.8, 4) is 0 Å². The van der Waals surface area contributed by atoms with Gasteiger partial charge in [0, 0.05) is 0 Å². The van der Waals surface area contributed by atoms with E-state index in [0.29, 0.717) is 5.92 Å². The second-order valence-corrected chi connectivity index (χ2v) is 4.67. The van der Waals surface area contributed by atoms with Crippen molar-refractivity contribution in [3.63, 3.8) is 0 Å². The SMILES string of the molecule is C=C(C)C1CCCC(O)C1(C)C. The van der Waals surface area contributed by atoms with E-state index >= 15 is 0 Å². The zero-order chi connectivity index (χ0) is 9.35. The lowest BCUT2D eigenvalue weighted by Crippen LogP contribution is -2.40. The molecule has 1 N–H and O–H groups in total. The number of hydrogen-bond donors (Lipinski definition) is 1. The topological polar surface area (TPSA) is 20.2 Å². The zero-order valence-electron chi connectivity index (χ0n) is 8.43. The Labute approximate surface area is 75.5 Å². The number of hydrogen-bond acceptors (Lipinski definition) is 1. The van der Waals surface area contributed by atoms with Crippen LogP contribution in [0.15, 0.2) is 12.2 Å². The van der Waals surface area contributed by atoms with Crippen LogP contribution in [0.3, 0.4) is 0 Å². The molecule has 1 rings (SSSR count). The Balaban J connectivity index is 2.79. The summed E-state index contributed by atoms with van der Waals surface area (Å²) in [6.45, 7) is 10.4. The normalized spacial score (nSPS) is 34.7. The zero-order valence-corrected chi connectivity index (χ0v) is 8.43. The van der Waals surface area contributed by atoms with Gasteiger partial charge in [0.1, 0.15) is 0 Å². The molecule has 0 saturated heterocycles. The van der Waals surface area contributed by atoms with Gasteiger partial charge in [0.25, 0.3) is 0 Å². The Bertz CT molecular complexity index is 181. The molecular formula is C11H20O. The molecule has 1 aliphatic carbocycles. The molecule has 0 bridgehead atoms. The van der Waals surface area contributed by atoms with Crippen molar-refractivity contribution in [2.24, 2.45) is 11.3 Å². The quantitative estimate of drug-likeness (QED) is 0.597. The van der Waals surface area contributed by atoms with Crippen LogP contribution in [0.5, 0.6) is 0 Å². The summed E-state index contributed by atoms with van der Waals surface area (Å²) in [5.74, 6) is 0.501. The first kappa shape index (κ1) is 9.79. The van der Waals surface area contributed by atoms with Gasteiger partial charge in [-0.15, -0.1) is 0 Å². The van der Waals surface area contributed by atoms with Gasteiger partial charge in [0.15, 0.2) is 0 Å². The van der Waals surface area contributed by atoms with Crippen molar-refractivity contribution < 1.29 is 5.11 Å². The highest BCUT2D eigenvalue weighted by atomic mass is 16.3. The average molecular weight is 168 g/mol. The van der Waals surface area contributed by atoms with Crippen molar-refractivity contribution >= 4 is 0 Å². The van der Waals surface area contributed by atoms with Crippen molar-refractivity contribution in [1.82, 2.24) is 0 Å². The molecule has 1 heteroatoms. The third kappa shape index (κ3) is 1.56. The summed E-state index contributed by atoms with van der Waals surface area (Å²) in [6, 6.07) is 0. The Kier molecular flexibility index (Phi) is 2.62. The van der Waals surface area contributed by atoms with Crippen molar-refractivity contribution in [3.05, 3.63) is 12.2 Å². The monoisotopic (exact) mass is 168 g/mol. The third-order valence-electron chi connectivity index (χ3n) is 3.32. The molecule has 0 spiro atoms. The van der Waals surface area contributed by atoms with Crippen LogP contribution < -0.4 is 0 Å². The summed E-state index contributed by atoms with van der Waals surface area (Å²) >= 11 is 0. The molecular weight excluding hydrogens is 148 g/mol. The highest BCUT2D eigenvalue weighted by molar-refractivity contribution is 5.06. The van der Waals surface area contributed by atoms with Crippen molar-refractivity contribution in [2.45, 2.75) is 46.1 Å². The molecule has 1 aliphatic rings. The second-order valence-electron chi connectivity index (χ2n) is 4.67. The fraction of sp³-hybridized carbons (Fsp3) is 0.818. The van der Waals surface area contributed by atoms with Crippen LogP contribution >= 0.6 is 0 Å². The maximum absolute atomic E-state index is 9.82. The van der Waals surface area contributed by atoms with Crippen molar-refractivity contribution in [1.29, 1.82) is 0 Å². The minimum atomic E-state index is -0.145.